The standard InChI is InChI=1S/C10H13ClFN3/c1-2-8-9(12)10(14-5-13-8)15-7-3-6(11)4-7/h5-7H,2-4H2,1H3,(H,13,14,15). The number of halogens is 2. The van der Waals surface area contributed by atoms with Gasteiger partial charge in [0.1, 0.15) is 6.33 Å². The second kappa shape index (κ2) is 4.31. The van der Waals surface area contributed by atoms with Crippen LogP contribution < -0.4 is 5.32 Å². The van der Waals surface area contributed by atoms with Crippen LogP contribution in [0, 0.1) is 5.82 Å². The first-order valence-electron chi connectivity index (χ1n) is 5.10. The molecule has 0 atom stereocenters. The lowest BCUT2D eigenvalue weighted by atomic mass is 9.92. The van der Waals surface area contributed by atoms with Crippen molar-refractivity contribution in [2.75, 3.05) is 5.32 Å². The van der Waals surface area contributed by atoms with E-state index in [-0.39, 0.29) is 17.2 Å². The molecule has 0 unspecified atom stereocenters. The Kier molecular flexibility index (Phi) is 3.05. The molecular weight excluding hydrogens is 217 g/mol. The zero-order valence-electron chi connectivity index (χ0n) is 8.50. The van der Waals surface area contributed by atoms with Gasteiger partial charge in [-0.1, -0.05) is 6.92 Å². The Morgan fingerprint density at radius 1 is 1.53 bits per heavy atom. The molecule has 5 heteroatoms. The number of alkyl halides is 1. The number of rotatable bonds is 3. The summed E-state index contributed by atoms with van der Waals surface area (Å²) in [7, 11) is 0. The van der Waals surface area contributed by atoms with E-state index in [2.05, 4.69) is 15.3 Å². The van der Waals surface area contributed by atoms with Crippen molar-refractivity contribution in [1.29, 1.82) is 0 Å². The van der Waals surface area contributed by atoms with E-state index in [9.17, 15) is 4.39 Å². The highest BCUT2D eigenvalue weighted by molar-refractivity contribution is 6.21. The fourth-order valence-corrected chi connectivity index (χ4v) is 2.04. The minimum Gasteiger partial charge on any atom is -0.365 e. The minimum absolute atomic E-state index is 0.220. The first-order valence-corrected chi connectivity index (χ1v) is 5.54. The van der Waals surface area contributed by atoms with Gasteiger partial charge in [-0.3, -0.25) is 0 Å². The maximum Gasteiger partial charge on any atom is 0.186 e. The monoisotopic (exact) mass is 229 g/mol. The van der Waals surface area contributed by atoms with Crippen LogP contribution in [0.3, 0.4) is 0 Å². The van der Waals surface area contributed by atoms with E-state index in [1.165, 1.54) is 6.33 Å². The normalized spacial score (nSPS) is 24.7. The Labute approximate surface area is 93.1 Å². The van der Waals surface area contributed by atoms with Gasteiger partial charge < -0.3 is 5.32 Å². The van der Waals surface area contributed by atoms with Crippen molar-refractivity contribution >= 4 is 17.4 Å². The van der Waals surface area contributed by atoms with Crippen LogP contribution in [0.25, 0.3) is 0 Å². The molecule has 2 rings (SSSR count). The van der Waals surface area contributed by atoms with Gasteiger partial charge in [0.25, 0.3) is 0 Å². The van der Waals surface area contributed by atoms with Gasteiger partial charge >= 0.3 is 0 Å². The molecule has 1 aliphatic carbocycles. The predicted molar refractivity (Wildman–Crippen MR) is 57.7 cm³/mol. The van der Waals surface area contributed by atoms with Gasteiger partial charge in [0, 0.05) is 11.4 Å². The van der Waals surface area contributed by atoms with E-state index in [1.54, 1.807) is 0 Å². The quantitative estimate of drug-likeness (QED) is 0.809. The van der Waals surface area contributed by atoms with Gasteiger partial charge in [0.2, 0.25) is 0 Å². The highest BCUT2D eigenvalue weighted by Gasteiger charge is 2.28. The molecule has 1 aliphatic rings. The topological polar surface area (TPSA) is 37.8 Å². The summed E-state index contributed by atoms with van der Waals surface area (Å²) in [4.78, 5) is 7.76. The largest absolute Gasteiger partial charge is 0.365 e. The molecule has 1 aromatic rings. The van der Waals surface area contributed by atoms with Gasteiger partial charge in [-0.25, -0.2) is 14.4 Å². The number of nitrogens with zero attached hydrogens (tertiary/aromatic N) is 2. The summed E-state index contributed by atoms with van der Waals surface area (Å²) in [5, 5.41) is 3.26. The number of nitrogens with one attached hydrogen (secondary N) is 1. The van der Waals surface area contributed by atoms with Crippen LogP contribution in [-0.2, 0) is 6.42 Å². The molecular formula is C10H13ClFN3. The minimum atomic E-state index is -0.335. The maximum absolute atomic E-state index is 13.7. The third-order valence-corrected chi connectivity index (χ3v) is 2.97. The fourth-order valence-electron chi connectivity index (χ4n) is 1.61. The van der Waals surface area contributed by atoms with E-state index in [0.29, 0.717) is 17.9 Å². The third-order valence-electron chi connectivity index (χ3n) is 2.62. The third kappa shape index (κ3) is 2.20. The van der Waals surface area contributed by atoms with E-state index in [0.717, 1.165) is 12.8 Å². The Hall–Kier alpha value is -0.900. The summed E-state index contributed by atoms with van der Waals surface area (Å²) in [6, 6.07) is 0.251. The number of aromatic nitrogens is 2. The SMILES string of the molecule is CCc1ncnc(NC2CC(Cl)C2)c1F. The zero-order chi connectivity index (χ0) is 10.8. The van der Waals surface area contributed by atoms with E-state index < -0.39 is 0 Å². The Balaban J connectivity index is 2.07. The van der Waals surface area contributed by atoms with Crippen LogP contribution in [0.1, 0.15) is 25.5 Å². The average Bonchev–Trinajstić information content (AvgIpc) is 2.18. The summed E-state index contributed by atoms with van der Waals surface area (Å²) in [5.41, 5.74) is 0.453. The fraction of sp³-hybridized carbons (Fsp3) is 0.600. The van der Waals surface area contributed by atoms with Gasteiger partial charge in [-0.2, -0.15) is 0 Å². The molecule has 0 aliphatic heterocycles. The van der Waals surface area contributed by atoms with Crippen molar-refractivity contribution in [2.45, 2.75) is 37.6 Å². The first-order chi connectivity index (χ1) is 7.20. The maximum atomic E-state index is 13.7. The smallest absolute Gasteiger partial charge is 0.186 e. The molecule has 0 bridgehead atoms. The molecule has 3 nitrogen and oxygen atoms in total. The van der Waals surface area contributed by atoms with Gasteiger partial charge in [0.15, 0.2) is 11.6 Å². The van der Waals surface area contributed by atoms with Crippen LogP contribution in [0.4, 0.5) is 10.2 Å². The summed E-state index contributed by atoms with van der Waals surface area (Å²) >= 11 is 5.84. The van der Waals surface area contributed by atoms with E-state index in [1.807, 2.05) is 6.92 Å². The molecule has 1 saturated carbocycles. The first kappa shape index (κ1) is 10.6. The Morgan fingerprint density at radius 3 is 2.87 bits per heavy atom. The molecule has 15 heavy (non-hydrogen) atoms. The second-order valence-electron chi connectivity index (χ2n) is 3.75. The lowest BCUT2D eigenvalue weighted by molar-refractivity contribution is 0.449. The Bertz CT molecular complexity index is 353. The summed E-state index contributed by atoms with van der Waals surface area (Å²) in [5.74, 6) is -0.0339. The highest BCUT2D eigenvalue weighted by atomic mass is 35.5. The lowest BCUT2D eigenvalue weighted by Gasteiger charge is -2.32. The molecule has 0 spiro atoms. The molecule has 1 fully saturated rings. The molecule has 1 N–H and O–H groups in total. The number of hydrogen-bond acceptors (Lipinski definition) is 3. The van der Waals surface area contributed by atoms with Crippen LogP contribution in [0.5, 0.6) is 0 Å². The van der Waals surface area contributed by atoms with Crippen LogP contribution in [0.2, 0.25) is 0 Å². The summed E-state index contributed by atoms with van der Waals surface area (Å²) < 4.78 is 13.7. The van der Waals surface area contributed by atoms with Crippen molar-refractivity contribution in [3.8, 4) is 0 Å². The van der Waals surface area contributed by atoms with E-state index in [4.69, 9.17) is 11.6 Å². The van der Waals surface area contributed by atoms with Crippen molar-refractivity contribution in [1.82, 2.24) is 9.97 Å². The molecule has 1 aromatic heterocycles. The second-order valence-corrected chi connectivity index (χ2v) is 4.36. The highest BCUT2D eigenvalue weighted by Crippen LogP contribution is 2.28. The molecule has 0 aromatic carbocycles. The predicted octanol–water partition coefficient (Wildman–Crippen LogP) is 2.36. The number of aryl methyl sites for hydroxylation is 1. The molecule has 1 heterocycles. The average molecular weight is 230 g/mol. The lowest BCUT2D eigenvalue weighted by Crippen LogP contribution is -2.36. The van der Waals surface area contributed by atoms with Crippen molar-refractivity contribution < 1.29 is 4.39 Å². The number of anilines is 1. The Morgan fingerprint density at radius 2 is 2.27 bits per heavy atom. The number of hydrogen-bond donors (Lipinski definition) is 1. The van der Waals surface area contributed by atoms with Crippen LogP contribution in [0.15, 0.2) is 6.33 Å². The van der Waals surface area contributed by atoms with Crippen LogP contribution >= 0.6 is 11.6 Å². The van der Waals surface area contributed by atoms with Crippen molar-refractivity contribution in [3.05, 3.63) is 17.8 Å². The van der Waals surface area contributed by atoms with Crippen molar-refractivity contribution in [2.24, 2.45) is 0 Å². The van der Waals surface area contributed by atoms with Gasteiger partial charge in [-0.15, -0.1) is 11.6 Å². The summed E-state index contributed by atoms with van der Waals surface area (Å²) in [6.45, 7) is 1.87. The molecule has 82 valence electrons. The van der Waals surface area contributed by atoms with E-state index >= 15 is 0 Å². The van der Waals surface area contributed by atoms with Gasteiger partial charge in [0.05, 0.1) is 5.69 Å². The van der Waals surface area contributed by atoms with Gasteiger partial charge in [-0.05, 0) is 19.3 Å². The molecule has 0 saturated heterocycles. The van der Waals surface area contributed by atoms with Crippen molar-refractivity contribution in [3.63, 3.8) is 0 Å². The summed E-state index contributed by atoms with van der Waals surface area (Å²) in [6.07, 6.45) is 3.70. The molecule has 0 amide bonds. The molecule has 0 radical (unpaired) electrons. The van der Waals surface area contributed by atoms with Crippen LogP contribution in [-0.4, -0.2) is 21.4 Å². The zero-order valence-corrected chi connectivity index (χ0v) is 9.26.